The number of amides is 1. The van der Waals surface area contributed by atoms with E-state index in [1.165, 1.54) is 11.7 Å². The molecule has 2 aromatic heterocycles. The van der Waals surface area contributed by atoms with Crippen molar-refractivity contribution in [2.24, 2.45) is 14.1 Å². The van der Waals surface area contributed by atoms with Gasteiger partial charge in [0.1, 0.15) is 6.26 Å². The van der Waals surface area contributed by atoms with Gasteiger partial charge in [0, 0.05) is 14.1 Å². The van der Waals surface area contributed by atoms with Crippen LogP contribution in [0.2, 0.25) is 5.02 Å². The number of benzene rings is 1. The molecule has 1 unspecified atom stereocenters. The van der Waals surface area contributed by atoms with Crippen molar-refractivity contribution in [1.29, 1.82) is 0 Å². The number of carbonyl (C=O) groups excluding carboxylic acids is 1. The Balaban J connectivity index is 2.06. The highest BCUT2D eigenvalue weighted by atomic mass is 35.5. The summed E-state index contributed by atoms with van der Waals surface area (Å²) >= 11 is 5.19. The van der Waals surface area contributed by atoms with Gasteiger partial charge in [0.05, 0.1) is 10.6 Å². The van der Waals surface area contributed by atoms with Crippen molar-refractivity contribution in [2.45, 2.75) is 4.90 Å². The third-order valence-electron chi connectivity index (χ3n) is 3.72. The largest absolute Gasteiger partial charge is 0.612 e. The number of rotatable bonds is 4. The van der Waals surface area contributed by atoms with Gasteiger partial charge >= 0.3 is 0 Å². The molecule has 0 saturated carbocycles. The van der Waals surface area contributed by atoms with E-state index in [4.69, 9.17) is 11.6 Å². The van der Waals surface area contributed by atoms with E-state index in [1.807, 2.05) is 0 Å². The van der Waals surface area contributed by atoms with Crippen molar-refractivity contribution in [3.63, 3.8) is 0 Å². The van der Waals surface area contributed by atoms with Gasteiger partial charge in [0.15, 0.2) is 10.6 Å². The fourth-order valence-electron chi connectivity index (χ4n) is 2.32. The second-order valence-corrected chi connectivity index (χ2v) is 7.28. The van der Waals surface area contributed by atoms with E-state index in [0.29, 0.717) is 10.5 Å². The number of tetrazole rings is 1. The zero-order valence-corrected chi connectivity index (χ0v) is 16.1. The van der Waals surface area contributed by atoms with E-state index in [2.05, 4.69) is 25.9 Å². The lowest BCUT2D eigenvalue weighted by Gasteiger charge is -2.11. The third-order valence-corrected chi connectivity index (χ3v) is 5.02. The first-order valence-corrected chi connectivity index (χ1v) is 9.47. The molecular weight excluding hydrogens is 394 g/mol. The second-order valence-electron chi connectivity index (χ2n) is 5.53. The van der Waals surface area contributed by atoms with Crippen molar-refractivity contribution < 1.29 is 9.35 Å². The van der Waals surface area contributed by atoms with Crippen LogP contribution in [0.15, 0.2) is 34.0 Å². The molecule has 0 aliphatic heterocycles. The van der Waals surface area contributed by atoms with Gasteiger partial charge in [-0.15, -0.1) is 0 Å². The second kappa shape index (κ2) is 7.47. The first-order valence-electron chi connectivity index (χ1n) is 7.54. The normalized spacial score (nSPS) is 12.0. The number of anilines is 1. The van der Waals surface area contributed by atoms with Crippen LogP contribution in [0, 0.1) is 0 Å². The quantitative estimate of drug-likeness (QED) is 0.627. The van der Waals surface area contributed by atoms with Crippen molar-refractivity contribution >= 4 is 34.6 Å². The van der Waals surface area contributed by atoms with Crippen LogP contribution in [-0.4, -0.2) is 46.7 Å². The van der Waals surface area contributed by atoms with Crippen LogP contribution < -0.4 is 10.9 Å². The van der Waals surface area contributed by atoms with Gasteiger partial charge in [0.2, 0.25) is 5.95 Å². The number of nitrogens with zero attached hydrogens (tertiary/aromatic N) is 6. The van der Waals surface area contributed by atoms with E-state index in [-0.39, 0.29) is 22.2 Å². The molecule has 10 nitrogen and oxygen atoms in total. The summed E-state index contributed by atoms with van der Waals surface area (Å²) in [6.07, 6.45) is 1.55. The van der Waals surface area contributed by atoms with Crippen LogP contribution >= 0.6 is 11.6 Å². The standard InChI is InChI=1S/C15H14ClN7O3S/c1-22-14(25)10(8-4-6-9(7-5-8)27(3)26)11(16)12(19-22)13(24)17-15-18-20-21-23(15)2/h4-7H,1-3H3,(H,17,18,21,24). The molecule has 2 heterocycles. The molecule has 0 fully saturated rings. The Morgan fingerprint density at radius 2 is 1.89 bits per heavy atom. The molecule has 3 rings (SSSR count). The van der Waals surface area contributed by atoms with Crippen LogP contribution in [0.3, 0.4) is 0 Å². The van der Waals surface area contributed by atoms with Gasteiger partial charge in [-0.1, -0.05) is 16.7 Å². The van der Waals surface area contributed by atoms with Gasteiger partial charge in [-0.05, 0) is 51.4 Å². The van der Waals surface area contributed by atoms with Crippen LogP contribution in [0.25, 0.3) is 11.1 Å². The minimum atomic E-state index is -1.16. The molecule has 12 heteroatoms. The lowest BCUT2D eigenvalue weighted by atomic mass is 10.1. The summed E-state index contributed by atoms with van der Waals surface area (Å²) in [7, 11) is 2.97. The van der Waals surface area contributed by atoms with Crippen LogP contribution in [0.5, 0.6) is 0 Å². The third kappa shape index (κ3) is 3.70. The fraction of sp³-hybridized carbons (Fsp3) is 0.200. The highest BCUT2D eigenvalue weighted by molar-refractivity contribution is 7.90. The monoisotopic (exact) mass is 407 g/mol. The Bertz CT molecular complexity index is 1060. The zero-order valence-electron chi connectivity index (χ0n) is 14.5. The Morgan fingerprint density at radius 1 is 1.22 bits per heavy atom. The van der Waals surface area contributed by atoms with E-state index < -0.39 is 22.6 Å². The van der Waals surface area contributed by atoms with Gasteiger partial charge < -0.3 is 4.55 Å². The highest BCUT2D eigenvalue weighted by Crippen LogP contribution is 2.27. The number of halogens is 1. The maximum Gasteiger partial charge on any atom is 0.280 e. The molecule has 3 aromatic rings. The van der Waals surface area contributed by atoms with Crippen molar-refractivity contribution in [3.8, 4) is 11.1 Å². The molecular formula is C15H14ClN7O3S. The Hall–Kier alpha value is -2.76. The number of aryl methyl sites for hydroxylation is 2. The first-order chi connectivity index (χ1) is 12.8. The molecule has 1 aromatic carbocycles. The summed E-state index contributed by atoms with van der Waals surface area (Å²) in [5, 5.41) is 17.0. The average molecular weight is 408 g/mol. The first kappa shape index (κ1) is 19.0. The van der Waals surface area contributed by atoms with Gasteiger partial charge in [-0.3, -0.25) is 14.9 Å². The predicted octanol–water partition coefficient (Wildman–Crippen LogP) is 0.614. The number of hydrogen-bond acceptors (Lipinski definition) is 7. The molecule has 0 spiro atoms. The molecule has 0 aliphatic carbocycles. The van der Waals surface area contributed by atoms with Gasteiger partial charge in [0.25, 0.3) is 11.5 Å². The molecule has 0 bridgehead atoms. The smallest absolute Gasteiger partial charge is 0.280 e. The lowest BCUT2D eigenvalue weighted by molar-refractivity contribution is 0.101. The molecule has 0 radical (unpaired) electrons. The van der Waals surface area contributed by atoms with Crippen LogP contribution in [0.4, 0.5) is 5.95 Å². The molecule has 0 saturated heterocycles. The predicted molar refractivity (Wildman–Crippen MR) is 99.0 cm³/mol. The van der Waals surface area contributed by atoms with E-state index in [0.717, 1.165) is 4.68 Å². The topological polar surface area (TPSA) is 131 Å². The number of hydrogen-bond donors (Lipinski definition) is 1. The molecule has 0 aliphatic rings. The maximum absolute atomic E-state index is 12.6. The Labute approximate surface area is 161 Å². The Kier molecular flexibility index (Phi) is 5.26. The average Bonchev–Trinajstić information content (AvgIpc) is 3.03. The number of nitrogens with one attached hydrogen (secondary N) is 1. The Morgan fingerprint density at radius 3 is 2.44 bits per heavy atom. The molecule has 1 amide bonds. The summed E-state index contributed by atoms with van der Waals surface area (Å²) < 4.78 is 13.8. The summed E-state index contributed by atoms with van der Waals surface area (Å²) in [5.41, 5.74) is -0.0300. The van der Waals surface area contributed by atoms with Crippen LogP contribution in [-0.2, 0) is 25.3 Å². The van der Waals surface area contributed by atoms with Crippen molar-refractivity contribution in [2.75, 3.05) is 11.6 Å². The summed E-state index contributed by atoms with van der Waals surface area (Å²) in [6, 6.07) is 6.50. The summed E-state index contributed by atoms with van der Waals surface area (Å²) in [5.74, 6) is -0.566. The van der Waals surface area contributed by atoms with Crippen molar-refractivity contribution in [3.05, 3.63) is 45.3 Å². The molecule has 1 N–H and O–H groups in total. The minimum Gasteiger partial charge on any atom is -0.612 e. The number of aromatic nitrogens is 6. The molecule has 27 heavy (non-hydrogen) atoms. The van der Waals surface area contributed by atoms with Gasteiger partial charge in [-0.2, -0.15) is 5.10 Å². The van der Waals surface area contributed by atoms with E-state index >= 15 is 0 Å². The summed E-state index contributed by atoms with van der Waals surface area (Å²) in [4.78, 5) is 25.7. The number of carbonyl (C=O) groups is 1. The summed E-state index contributed by atoms with van der Waals surface area (Å²) in [6.45, 7) is 0. The van der Waals surface area contributed by atoms with Gasteiger partial charge in [-0.25, -0.2) is 9.36 Å². The lowest BCUT2D eigenvalue weighted by Crippen LogP contribution is -2.27. The fourth-order valence-corrected chi connectivity index (χ4v) is 3.15. The van der Waals surface area contributed by atoms with E-state index in [1.54, 1.807) is 37.6 Å². The molecule has 1 atom stereocenters. The SMILES string of the molecule is Cn1nnnc1NC(=O)c1nn(C)c(=O)c(-c2ccc([S+](C)[O-])cc2)c1Cl. The zero-order chi connectivity index (χ0) is 19.7. The van der Waals surface area contributed by atoms with E-state index in [9.17, 15) is 14.1 Å². The van der Waals surface area contributed by atoms with Crippen molar-refractivity contribution in [1.82, 2.24) is 30.0 Å². The van der Waals surface area contributed by atoms with Crippen LogP contribution in [0.1, 0.15) is 10.5 Å². The molecule has 140 valence electrons. The maximum atomic E-state index is 12.6. The minimum absolute atomic E-state index is 0.100. The highest BCUT2D eigenvalue weighted by Gasteiger charge is 2.23.